The molecule has 0 saturated carbocycles. The van der Waals surface area contributed by atoms with Crippen molar-refractivity contribution in [1.29, 1.82) is 0 Å². The van der Waals surface area contributed by atoms with E-state index in [9.17, 15) is 45.6 Å². The normalized spacial score (nSPS) is 36.0. The molecular weight excluding hydrogens is 576 g/mol. The molecule has 3 aliphatic heterocycles. The van der Waals surface area contributed by atoms with Gasteiger partial charge in [-0.15, -0.1) is 0 Å². The number of phenols is 2. The zero-order valence-electron chi connectivity index (χ0n) is 23.1. The number of aliphatic hydroxyl groups excluding tert-OH is 6. The lowest BCUT2D eigenvalue weighted by molar-refractivity contribution is -0.318. The number of hydrogen-bond donors (Lipinski definition) is 8. The summed E-state index contributed by atoms with van der Waals surface area (Å²) < 4.78 is 33.1. The fourth-order valence-corrected chi connectivity index (χ4v) is 5.20. The minimum Gasteiger partial charge on any atom is -0.507 e. The molecular formula is C28H34O15. The fourth-order valence-electron chi connectivity index (χ4n) is 5.20. The van der Waals surface area contributed by atoms with Crippen LogP contribution in [0.4, 0.5) is 0 Å². The van der Waals surface area contributed by atoms with Crippen molar-refractivity contribution in [1.82, 2.24) is 0 Å². The molecule has 5 rings (SSSR count). The maximum Gasteiger partial charge on any atom is 0.229 e. The van der Waals surface area contributed by atoms with Crippen LogP contribution in [0.3, 0.4) is 0 Å². The van der Waals surface area contributed by atoms with Crippen LogP contribution in [-0.2, 0) is 14.2 Å². The summed E-state index contributed by atoms with van der Waals surface area (Å²) in [5.74, 6) is -0.999. The van der Waals surface area contributed by atoms with Gasteiger partial charge in [0.1, 0.15) is 71.6 Å². The molecule has 4 unspecified atom stereocenters. The Bertz CT molecular complexity index is 1320. The number of benzene rings is 2. The first-order valence-electron chi connectivity index (χ1n) is 13.5. The standard InChI is InChI=1S/C28H34O15/c1-10-21(32)23(34)25(36)27(40-10)39-9-19-22(33)24(35)26(37)28(43-19)41-12-6-14(30)20-15(31)8-17(42-18(20)7-12)11-3-4-16(38-2)13(29)5-11/h3-7,10,17,19,21-30,32-37H,8-9H2,1-2H3/t10?,17-,19?,21-,22+,23-,24-,25?,26?,27+,28+/m0/s1. The highest BCUT2D eigenvalue weighted by Gasteiger charge is 2.47. The molecule has 0 bridgehead atoms. The number of ketones is 1. The van der Waals surface area contributed by atoms with E-state index in [1.807, 2.05) is 0 Å². The van der Waals surface area contributed by atoms with E-state index >= 15 is 0 Å². The molecule has 8 N–H and O–H groups in total. The van der Waals surface area contributed by atoms with Crippen molar-refractivity contribution >= 4 is 5.78 Å². The first kappa shape index (κ1) is 31.2. The fraction of sp³-hybridized carbons (Fsp3) is 0.536. The summed E-state index contributed by atoms with van der Waals surface area (Å²) in [6, 6.07) is 6.90. The molecule has 0 amide bonds. The van der Waals surface area contributed by atoms with Gasteiger partial charge in [-0.2, -0.15) is 0 Å². The summed E-state index contributed by atoms with van der Waals surface area (Å²) >= 11 is 0. The molecule has 2 fully saturated rings. The molecule has 236 valence electrons. The van der Waals surface area contributed by atoms with E-state index in [1.165, 1.54) is 32.2 Å². The molecule has 15 nitrogen and oxygen atoms in total. The van der Waals surface area contributed by atoms with Gasteiger partial charge in [-0.05, 0) is 24.6 Å². The quantitative estimate of drug-likeness (QED) is 0.185. The van der Waals surface area contributed by atoms with E-state index in [0.29, 0.717) is 5.56 Å². The number of fused-ring (bicyclic) bond motifs is 1. The van der Waals surface area contributed by atoms with Crippen molar-refractivity contribution in [3.63, 3.8) is 0 Å². The summed E-state index contributed by atoms with van der Waals surface area (Å²) in [4.78, 5) is 12.9. The third-order valence-electron chi connectivity index (χ3n) is 7.70. The molecule has 0 aliphatic carbocycles. The predicted molar refractivity (Wildman–Crippen MR) is 141 cm³/mol. The molecule has 2 aromatic rings. The van der Waals surface area contributed by atoms with Crippen molar-refractivity contribution in [3.8, 4) is 28.7 Å². The maximum absolute atomic E-state index is 12.9. The second kappa shape index (κ2) is 12.4. The summed E-state index contributed by atoms with van der Waals surface area (Å²) in [7, 11) is 1.39. The third-order valence-corrected chi connectivity index (χ3v) is 7.70. The SMILES string of the molecule is COc1ccc([C@@H]2CC(=O)c3c(O)cc(O[C@@H]4OC(CO[C@@H]5OC(C)[C@H](O)[C@H](O)C5O)[C@@H](O)[C@H](O)C4O)cc3O2)cc1O. The predicted octanol–water partition coefficient (Wildman–Crippen LogP) is -1.16. The second-order valence-corrected chi connectivity index (χ2v) is 10.6. The van der Waals surface area contributed by atoms with Crippen LogP contribution in [0.25, 0.3) is 0 Å². The second-order valence-electron chi connectivity index (χ2n) is 10.6. The van der Waals surface area contributed by atoms with Gasteiger partial charge in [-0.3, -0.25) is 4.79 Å². The Morgan fingerprint density at radius 2 is 1.53 bits per heavy atom. The van der Waals surface area contributed by atoms with Crippen molar-refractivity contribution < 1.29 is 74.1 Å². The van der Waals surface area contributed by atoms with Crippen molar-refractivity contribution in [2.45, 2.75) is 80.9 Å². The average molecular weight is 611 g/mol. The molecule has 43 heavy (non-hydrogen) atoms. The molecule has 3 heterocycles. The number of methoxy groups -OCH3 is 1. The number of carbonyl (C=O) groups is 1. The molecule has 11 atom stereocenters. The van der Waals surface area contributed by atoms with Crippen LogP contribution in [0.5, 0.6) is 28.7 Å². The number of aromatic hydroxyl groups is 2. The summed E-state index contributed by atoms with van der Waals surface area (Å²) in [5, 5.41) is 82.2. The lowest BCUT2D eigenvalue weighted by atomic mass is 9.95. The van der Waals surface area contributed by atoms with E-state index < -0.39 is 85.7 Å². The monoisotopic (exact) mass is 610 g/mol. The molecule has 2 saturated heterocycles. The van der Waals surface area contributed by atoms with Gasteiger partial charge in [0.25, 0.3) is 0 Å². The van der Waals surface area contributed by atoms with Crippen molar-refractivity contribution in [2.24, 2.45) is 0 Å². The number of rotatable bonds is 7. The Balaban J connectivity index is 1.30. The first-order valence-corrected chi connectivity index (χ1v) is 13.5. The molecule has 2 aromatic carbocycles. The van der Waals surface area contributed by atoms with Crippen LogP contribution in [-0.4, -0.2) is 122 Å². The highest BCUT2D eigenvalue weighted by molar-refractivity contribution is 6.02. The van der Waals surface area contributed by atoms with Crippen LogP contribution in [0.1, 0.15) is 35.4 Å². The van der Waals surface area contributed by atoms with Gasteiger partial charge in [0.05, 0.1) is 26.2 Å². The molecule has 0 aromatic heterocycles. The number of hydrogen-bond acceptors (Lipinski definition) is 15. The van der Waals surface area contributed by atoms with Gasteiger partial charge >= 0.3 is 0 Å². The number of aliphatic hydroxyl groups is 6. The zero-order chi connectivity index (χ0) is 31.2. The lowest BCUT2D eigenvalue weighted by Gasteiger charge is -2.42. The Hall–Kier alpha value is -3.25. The summed E-state index contributed by atoms with van der Waals surface area (Å²) in [6.07, 6.45) is -15.9. The zero-order valence-corrected chi connectivity index (χ0v) is 23.1. The number of carbonyl (C=O) groups excluding carboxylic acids is 1. The minimum absolute atomic E-state index is 0.0457. The van der Waals surface area contributed by atoms with E-state index in [2.05, 4.69) is 0 Å². The van der Waals surface area contributed by atoms with Crippen molar-refractivity contribution in [3.05, 3.63) is 41.5 Å². The van der Waals surface area contributed by atoms with Gasteiger partial charge < -0.3 is 69.3 Å². The molecule has 3 aliphatic rings. The maximum atomic E-state index is 12.9. The average Bonchev–Trinajstić information content (AvgIpc) is 2.97. The number of Topliss-reactive ketones (excluding diaryl/α,β-unsaturated/α-hetero) is 1. The van der Waals surface area contributed by atoms with E-state index in [4.69, 9.17) is 28.4 Å². The molecule has 15 heteroatoms. The first-order chi connectivity index (χ1) is 20.4. The minimum atomic E-state index is -1.77. The van der Waals surface area contributed by atoms with Crippen LogP contribution in [0, 0.1) is 0 Å². The van der Waals surface area contributed by atoms with Gasteiger partial charge in [-0.1, -0.05) is 6.07 Å². The van der Waals surface area contributed by atoms with Gasteiger partial charge in [-0.25, -0.2) is 0 Å². The van der Waals surface area contributed by atoms with Gasteiger partial charge in [0, 0.05) is 12.1 Å². The third kappa shape index (κ3) is 6.08. The van der Waals surface area contributed by atoms with Crippen LogP contribution in [0.2, 0.25) is 0 Å². The lowest BCUT2D eigenvalue weighted by Crippen LogP contribution is -2.61. The smallest absolute Gasteiger partial charge is 0.229 e. The van der Waals surface area contributed by atoms with E-state index in [0.717, 1.165) is 6.07 Å². The van der Waals surface area contributed by atoms with Crippen LogP contribution >= 0.6 is 0 Å². The highest BCUT2D eigenvalue weighted by Crippen LogP contribution is 2.43. The molecule has 0 radical (unpaired) electrons. The largest absolute Gasteiger partial charge is 0.507 e. The Labute approximate surface area is 245 Å². The van der Waals surface area contributed by atoms with Crippen LogP contribution < -0.4 is 14.2 Å². The van der Waals surface area contributed by atoms with E-state index in [1.54, 1.807) is 6.07 Å². The Morgan fingerprint density at radius 1 is 0.837 bits per heavy atom. The Morgan fingerprint density at radius 3 is 2.23 bits per heavy atom. The highest BCUT2D eigenvalue weighted by atomic mass is 16.7. The van der Waals surface area contributed by atoms with Gasteiger partial charge in [0.2, 0.25) is 6.29 Å². The topological polar surface area (TPSA) is 234 Å². The summed E-state index contributed by atoms with van der Waals surface area (Å²) in [6.45, 7) is 0.964. The Kier molecular flexibility index (Phi) is 8.99. The van der Waals surface area contributed by atoms with Crippen LogP contribution in [0.15, 0.2) is 30.3 Å². The van der Waals surface area contributed by atoms with E-state index in [-0.39, 0.29) is 35.0 Å². The van der Waals surface area contributed by atoms with Gasteiger partial charge in [0.15, 0.2) is 23.6 Å². The summed E-state index contributed by atoms with van der Waals surface area (Å²) in [5.41, 5.74) is 0.373. The number of phenolic OH excluding ortho intramolecular Hbond substituents is 2. The number of ether oxygens (including phenoxy) is 6. The molecule has 0 spiro atoms. The van der Waals surface area contributed by atoms with Crippen molar-refractivity contribution in [2.75, 3.05) is 13.7 Å².